The molecule has 0 aromatic heterocycles. The number of allylic oxidation sites excluding steroid dienone is 1. The second-order valence-corrected chi connectivity index (χ2v) is 14.9. The molecule has 3 aromatic rings. The summed E-state index contributed by atoms with van der Waals surface area (Å²) in [7, 11) is 2.92. The summed E-state index contributed by atoms with van der Waals surface area (Å²) >= 11 is 0. The first kappa shape index (κ1) is 34.1. The Kier molecular flexibility index (Phi) is 11.6. The van der Waals surface area contributed by atoms with E-state index < -0.39 is 0 Å². The summed E-state index contributed by atoms with van der Waals surface area (Å²) in [6.07, 6.45) is 14.6. The van der Waals surface area contributed by atoms with Crippen molar-refractivity contribution in [2.45, 2.75) is 123 Å². The Hall–Kier alpha value is -2.81. The molecule has 2 heterocycles. The monoisotopic (exact) mass is 652 g/mol. The molecule has 1 saturated carbocycles. The Morgan fingerprint density at radius 2 is 1.64 bits per heavy atom. The maximum absolute atomic E-state index is 5.82. The molecule has 2 fully saturated rings. The number of likely N-dealkylation sites (tertiary alicyclic amines) is 1. The van der Waals surface area contributed by atoms with Crippen molar-refractivity contribution in [2.75, 3.05) is 24.8 Å². The Morgan fingerprint density at radius 3 is 2.34 bits per heavy atom. The minimum atomic E-state index is 0.332. The van der Waals surface area contributed by atoms with E-state index in [0.717, 1.165) is 24.6 Å². The van der Waals surface area contributed by atoms with Gasteiger partial charge in [-0.05, 0) is 128 Å². The molecule has 3 atom stereocenters. The second kappa shape index (κ2) is 16.1. The lowest BCUT2D eigenvalue weighted by Gasteiger charge is -2.39. The molecule has 3 aromatic carbocycles. The fourth-order valence-corrected chi connectivity index (χ4v) is 8.28. The molecule has 2 aliphatic heterocycles. The number of ether oxygens (including phenoxy) is 2. The summed E-state index contributed by atoms with van der Waals surface area (Å²) in [5.41, 5.74) is 10.5. The van der Waals surface area contributed by atoms with Crippen molar-refractivity contribution in [1.29, 1.82) is 0 Å². The minimum Gasteiger partial charge on any atom is -0.454 e. The number of benzene rings is 3. The van der Waals surface area contributed by atoms with E-state index in [1.165, 1.54) is 105 Å². The van der Waals surface area contributed by atoms with Gasteiger partial charge in [0.2, 0.25) is 6.79 Å². The average Bonchev–Trinajstić information content (AvgIpc) is 3.67. The quantitative estimate of drug-likeness (QED) is 0.144. The SMILES string of the molecule is CCCc1ccccc1CCCC1CC(c2ccc3c(c2)OCO3)CN1CC(=C1CC1)N(c1ccc(P)c(C)c1)C(CCC)CCC. The van der Waals surface area contributed by atoms with Crippen LogP contribution in [0.25, 0.3) is 0 Å². The summed E-state index contributed by atoms with van der Waals surface area (Å²) < 4.78 is 11.5. The van der Waals surface area contributed by atoms with Crippen molar-refractivity contribution in [3.05, 3.63) is 94.2 Å². The Morgan fingerprint density at radius 1 is 0.894 bits per heavy atom. The smallest absolute Gasteiger partial charge is 0.231 e. The van der Waals surface area contributed by atoms with Crippen LogP contribution in [-0.4, -0.2) is 36.9 Å². The molecule has 0 N–H and O–H groups in total. The fraction of sp³-hybridized carbons (Fsp3) is 0.524. The minimum absolute atomic E-state index is 0.332. The highest BCUT2D eigenvalue weighted by Gasteiger charge is 2.37. The zero-order valence-corrected chi connectivity index (χ0v) is 30.6. The molecule has 47 heavy (non-hydrogen) atoms. The lowest BCUT2D eigenvalue weighted by molar-refractivity contribution is 0.174. The van der Waals surface area contributed by atoms with Gasteiger partial charge in [0.15, 0.2) is 11.5 Å². The Labute approximate surface area is 287 Å². The first-order valence-corrected chi connectivity index (χ1v) is 19.1. The number of fused-ring (bicyclic) bond motifs is 1. The van der Waals surface area contributed by atoms with Gasteiger partial charge in [0.25, 0.3) is 0 Å². The van der Waals surface area contributed by atoms with Gasteiger partial charge in [0.05, 0.1) is 0 Å². The largest absolute Gasteiger partial charge is 0.454 e. The molecule has 252 valence electrons. The van der Waals surface area contributed by atoms with Crippen molar-refractivity contribution < 1.29 is 9.47 Å². The van der Waals surface area contributed by atoms with Crippen molar-refractivity contribution in [3.63, 3.8) is 0 Å². The molecule has 0 amide bonds. The van der Waals surface area contributed by atoms with E-state index in [0.29, 0.717) is 24.8 Å². The van der Waals surface area contributed by atoms with E-state index >= 15 is 0 Å². The summed E-state index contributed by atoms with van der Waals surface area (Å²) in [5, 5.41) is 1.29. The third-order valence-electron chi connectivity index (χ3n) is 10.7. The van der Waals surface area contributed by atoms with Crippen LogP contribution < -0.4 is 19.7 Å². The van der Waals surface area contributed by atoms with Crippen molar-refractivity contribution in [3.8, 4) is 11.5 Å². The summed E-state index contributed by atoms with van der Waals surface area (Å²) in [4.78, 5) is 5.67. The third-order valence-corrected chi connectivity index (χ3v) is 11.4. The summed E-state index contributed by atoms with van der Waals surface area (Å²) in [5.74, 6) is 2.29. The maximum atomic E-state index is 5.82. The van der Waals surface area contributed by atoms with Crippen molar-refractivity contribution in [1.82, 2.24) is 4.90 Å². The number of hydrogen-bond donors (Lipinski definition) is 0. The second-order valence-electron chi connectivity index (χ2n) is 14.2. The molecule has 5 heteroatoms. The fourth-order valence-electron chi connectivity index (χ4n) is 8.10. The predicted molar refractivity (Wildman–Crippen MR) is 202 cm³/mol. The molecular weight excluding hydrogens is 595 g/mol. The molecule has 3 aliphatic rings. The van der Waals surface area contributed by atoms with Gasteiger partial charge in [-0.15, -0.1) is 9.24 Å². The van der Waals surface area contributed by atoms with Gasteiger partial charge in [0, 0.05) is 36.6 Å². The van der Waals surface area contributed by atoms with Gasteiger partial charge in [-0.2, -0.15) is 0 Å². The molecular formula is C42H57N2O2P. The molecule has 0 spiro atoms. The third kappa shape index (κ3) is 8.26. The van der Waals surface area contributed by atoms with E-state index in [1.54, 1.807) is 16.8 Å². The zero-order chi connectivity index (χ0) is 32.8. The Bertz CT molecular complexity index is 1520. The van der Waals surface area contributed by atoms with Crippen LogP contribution in [0.5, 0.6) is 11.5 Å². The predicted octanol–water partition coefficient (Wildman–Crippen LogP) is 9.88. The van der Waals surface area contributed by atoms with Crippen LogP contribution in [0.15, 0.2) is 71.9 Å². The van der Waals surface area contributed by atoms with E-state index in [2.05, 4.69) is 107 Å². The maximum Gasteiger partial charge on any atom is 0.231 e. The van der Waals surface area contributed by atoms with Crippen LogP contribution in [0.1, 0.15) is 113 Å². The highest BCUT2D eigenvalue weighted by molar-refractivity contribution is 7.27. The average molecular weight is 653 g/mol. The molecule has 6 rings (SSSR count). The van der Waals surface area contributed by atoms with E-state index in [4.69, 9.17) is 9.47 Å². The van der Waals surface area contributed by atoms with Gasteiger partial charge in [0.1, 0.15) is 0 Å². The summed E-state index contributed by atoms with van der Waals surface area (Å²) in [6.45, 7) is 11.7. The molecule has 3 unspecified atom stereocenters. The molecule has 1 saturated heterocycles. The standard InChI is InChI=1S/C42H57N2O2P/c1-5-11-31-14-8-9-15-32(31)16-10-17-37-25-35(34-20-22-40-41(26-34)46-29-45-40)27-43(37)28-39(33-18-19-33)44(36(12-6-2)13-7-3)38-21-23-42(47)30(4)24-38/h8-9,14-15,20-24,26,35-37H,5-7,10-13,16-19,25,27-29,47H2,1-4H3. The van der Waals surface area contributed by atoms with Gasteiger partial charge in [-0.1, -0.05) is 76.4 Å². The van der Waals surface area contributed by atoms with Gasteiger partial charge >= 0.3 is 0 Å². The lowest BCUT2D eigenvalue weighted by atomic mass is 9.93. The normalized spacial score (nSPS) is 18.7. The highest BCUT2D eigenvalue weighted by atomic mass is 31.0. The van der Waals surface area contributed by atoms with E-state index in [1.807, 2.05) is 0 Å². The van der Waals surface area contributed by atoms with Gasteiger partial charge < -0.3 is 14.4 Å². The molecule has 0 bridgehead atoms. The van der Waals surface area contributed by atoms with Crippen LogP contribution in [0, 0.1) is 6.92 Å². The number of nitrogens with zero attached hydrogens (tertiary/aromatic N) is 2. The van der Waals surface area contributed by atoms with Crippen LogP contribution in [0.2, 0.25) is 0 Å². The number of rotatable bonds is 16. The summed E-state index contributed by atoms with van der Waals surface area (Å²) in [6, 6.07) is 24.0. The van der Waals surface area contributed by atoms with Crippen LogP contribution in [-0.2, 0) is 12.8 Å². The molecule has 1 aliphatic carbocycles. The molecule has 0 radical (unpaired) electrons. The van der Waals surface area contributed by atoms with Crippen LogP contribution >= 0.6 is 9.24 Å². The van der Waals surface area contributed by atoms with Gasteiger partial charge in [-0.25, -0.2) is 0 Å². The highest BCUT2D eigenvalue weighted by Crippen LogP contribution is 2.43. The Balaban J connectivity index is 1.28. The van der Waals surface area contributed by atoms with Crippen molar-refractivity contribution in [2.24, 2.45) is 0 Å². The van der Waals surface area contributed by atoms with E-state index in [9.17, 15) is 0 Å². The lowest BCUT2D eigenvalue weighted by Crippen LogP contribution is -2.41. The van der Waals surface area contributed by atoms with Crippen molar-refractivity contribution >= 4 is 20.2 Å². The topological polar surface area (TPSA) is 24.9 Å². The number of anilines is 1. The first-order chi connectivity index (χ1) is 23.0. The van der Waals surface area contributed by atoms with Gasteiger partial charge in [-0.3, -0.25) is 4.90 Å². The molecule has 4 nitrogen and oxygen atoms in total. The number of aryl methyl sites for hydroxylation is 3. The first-order valence-electron chi connectivity index (χ1n) is 18.6. The van der Waals surface area contributed by atoms with E-state index in [-0.39, 0.29) is 0 Å². The van der Waals surface area contributed by atoms with Crippen LogP contribution in [0.3, 0.4) is 0 Å². The number of hydrogen-bond acceptors (Lipinski definition) is 4. The van der Waals surface area contributed by atoms with Crippen LogP contribution in [0.4, 0.5) is 5.69 Å². The zero-order valence-electron chi connectivity index (χ0n) is 29.4.